The molecule has 90 valence electrons. The van der Waals surface area contributed by atoms with Crippen LogP contribution < -0.4 is 5.32 Å². The maximum Gasteiger partial charge on any atom is 0.0595 e. The molecule has 16 heavy (non-hydrogen) atoms. The Labute approximate surface area is 108 Å². The molecule has 0 fully saturated rings. The number of hydrogen-bond acceptors (Lipinski definition) is 2. The van der Waals surface area contributed by atoms with Gasteiger partial charge in [0.25, 0.3) is 0 Å². The van der Waals surface area contributed by atoms with Gasteiger partial charge in [0.15, 0.2) is 0 Å². The Hall–Kier alpha value is -0.280. The van der Waals surface area contributed by atoms with Crippen LogP contribution in [0.25, 0.3) is 0 Å². The van der Waals surface area contributed by atoms with Crippen LogP contribution in [0.4, 0.5) is 0 Å². The lowest BCUT2D eigenvalue weighted by molar-refractivity contribution is 0.302. The highest BCUT2D eigenvalue weighted by Crippen LogP contribution is 2.22. The van der Waals surface area contributed by atoms with Crippen molar-refractivity contribution in [3.63, 3.8) is 0 Å². The minimum absolute atomic E-state index is 0.516. The quantitative estimate of drug-likeness (QED) is 0.876. The molecule has 0 bridgehead atoms. The van der Waals surface area contributed by atoms with Crippen LogP contribution >= 0.6 is 23.2 Å². The number of likely N-dealkylation sites (N-methyl/N-ethyl adjacent to an activating group) is 1. The summed E-state index contributed by atoms with van der Waals surface area (Å²) in [6.45, 7) is 3.95. The molecular formula is C12H18Cl2N2. The SMILES string of the molecule is CC(CNCc1ccc(Cl)c(Cl)c1)N(C)C. The van der Waals surface area contributed by atoms with Crippen LogP contribution in [0.15, 0.2) is 18.2 Å². The van der Waals surface area contributed by atoms with Crippen molar-refractivity contribution < 1.29 is 0 Å². The van der Waals surface area contributed by atoms with Gasteiger partial charge in [-0.15, -0.1) is 0 Å². The van der Waals surface area contributed by atoms with E-state index in [9.17, 15) is 0 Å². The maximum atomic E-state index is 5.94. The molecule has 4 heteroatoms. The van der Waals surface area contributed by atoms with Gasteiger partial charge in [0.1, 0.15) is 0 Å². The fourth-order valence-corrected chi connectivity index (χ4v) is 1.58. The zero-order chi connectivity index (χ0) is 12.1. The molecule has 0 aliphatic heterocycles. The lowest BCUT2D eigenvalue weighted by Gasteiger charge is -2.20. The monoisotopic (exact) mass is 260 g/mol. The smallest absolute Gasteiger partial charge is 0.0595 e. The van der Waals surface area contributed by atoms with Crippen LogP contribution in [0.5, 0.6) is 0 Å². The lowest BCUT2D eigenvalue weighted by Crippen LogP contribution is -2.35. The van der Waals surface area contributed by atoms with Crippen LogP contribution in [0.3, 0.4) is 0 Å². The predicted molar refractivity (Wildman–Crippen MR) is 71.3 cm³/mol. The van der Waals surface area contributed by atoms with E-state index < -0.39 is 0 Å². The van der Waals surface area contributed by atoms with E-state index in [1.807, 2.05) is 18.2 Å². The highest BCUT2D eigenvalue weighted by molar-refractivity contribution is 6.42. The Morgan fingerprint density at radius 2 is 1.94 bits per heavy atom. The Bertz CT molecular complexity index is 340. The normalized spacial score (nSPS) is 13.1. The molecule has 0 heterocycles. The Kier molecular flexibility index (Phi) is 5.56. The molecule has 0 saturated heterocycles. The summed E-state index contributed by atoms with van der Waals surface area (Å²) in [5.74, 6) is 0. The van der Waals surface area contributed by atoms with E-state index in [1.54, 1.807) is 0 Å². The van der Waals surface area contributed by atoms with Crippen LogP contribution in [-0.4, -0.2) is 31.6 Å². The predicted octanol–water partition coefficient (Wildman–Crippen LogP) is 3.03. The summed E-state index contributed by atoms with van der Waals surface area (Å²) in [4.78, 5) is 2.18. The van der Waals surface area contributed by atoms with Crippen molar-refractivity contribution in [2.75, 3.05) is 20.6 Å². The molecule has 0 aliphatic carbocycles. The number of nitrogens with zero attached hydrogens (tertiary/aromatic N) is 1. The van der Waals surface area contributed by atoms with Crippen molar-refractivity contribution in [1.29, 1.82) is 0 Å². The highest BCUT2D eigenvalue weighted by Gasteiger charge is 2.04. The highest BCUT2D eigenvalue weighted by atomic mass is 35.5. The third kappa shape index (κ3) is 4.30. The van der Waals surface area contributed by atoms with Gasteiger partial charge in [0.05, 0.1) is 10.0 Å². The van der Waals surface area contributed by atoms with E-state index in [0.29, 0.717) is 16.1 Å². The van der Waals surface area contributed by atoms with Crippen LogP contribution in [0, 0.1) is 0 Å². The molecule has 0 radical (unpaired) electrons. The molecule has 2 nitrogen and oxygen atoms in total. The minimum Gasteiger partial charge on any atom is -0.311 e. The minimum atomic E-state index is 0.516. The summed E-state index contributed by atoms with van der Waals surface area (Å²) in [5.41, 5.74) is 1.15. The fourth-order valence-electron chi connectivity index (χ4n) is 1.26. The van der Waals surface area contributed by atoms with E-state index in [2.05, 4.69) is 31.2 Å². The second-order valence-corrected chi connectivity index (χ2v) is 5.01. The van der Waals surface area contributed by atoms with E-state index >= 15 is 0 Å². The molecule has 1 N–H and O–H groups in total. The van der Waals surface area contributed by atoms with Crippen molar-refractivity contribution in [3.8, 4) is 0 Å². The van der Waals surface area contributed by atoms with Crippen LogP contribution in [0.2, 0.25) is 10.0 Å². The van der Waals surface area contributed by atoms with E-state index in [1.165, 1.54) is 0 Å². The second kappa shape index (κ2) is 6.45. The summed E-state index contributed by atoms with van der Waals surface area (Å²) >= 11 is 11.8. The third-order valence-corrected chi connectivity index (χ3v) is 3.37. The van der Waals surface area contributed by atoms with Gasteiger partial charge in [-0.05, 0) is 38.7 Å². The van der Waals surface area contributed by atoms with Crippen molar-refractivity contribution in [3.05, 3.63) is 33.8 Å². The maximum absolute atomic E-state index is 5.94. The van der Waals surface area contributed by atoms with Crippen molar-refractivity contribution in [2.45, 2.75) is 19.5 Å². The standard InChI is InChI=1S/C12H18Cl2N2/c1-9(16(2)3)7-15-8-10-4-5-11(13)12(14)6-10/h4-6,9,15H,7-8H2,1-3H3. The summed E-state index contributed by atoms with van der Waals surface area (Å²) in [7, 11) is 4.15. The first-order valence-electron chi connectivity index (χ1n) is 5.31. The molecule has 0 amide bonds. The molecular weight excluding hydrogens is 243 g/mol. The number of rotatable bonds is 5. The summed E-state index contributed by atoms with van der Waals surface area (Å²) in [6, 6.07) is 6.23. The largest absolute Gasteiger partial charge is 0.311 e. The summed E-state index contributed by atoms with van der Waals surface area (Å²) < 4.78 is 0. The van der Waals surface area contributed by atoms with E-state index in [0.717, 1.165) is 18.7 Å². The van der Waals surface area contributed by atoms with Gasteiger partial charge in [-0.25, -0.2) is 0 Å². The first-order chi connectivity index (χ1) is 7.50. The number of benzene rings is 1. The van der Waals surface area contributed by atoms with Crippen molar-refractivity contribution >= 4 is 23.2 Å². The number of halogens is 2. The Morgan fingerprint density at radius 3 is 2.50 bits per heavy atom. The Balaban J connectivity index is 2.40. The Morgan fingerprint density at radius 1 is 1.25 bits per heavy atom. The van der Waals surface area contributed by atoms with Crippen molar-refractivity contribution in [2.24, 2.45) is 0 Å². The lowest BCUT2D eigenvalue weighted by atomic mass is 10.2. The molecule has 1 aromatic rings. The van der Waals surface area contributed by atoms with Gasteiger partial charge in [-0.2, -0.15) is 0 Å². The molecule has 1 rings (SSSR count). The summed E-state index contributed by atoms with van der Waals surface area (Å²) in [6.07, 6.45) is 0. The van der Waals surface area contributed by atoms with Gasteiger partial charge in [0.2, 0.25) is 0 Å². The second-order valence-electron chi connectivity index (χ2n) is 4.19. The molecule has 1 aromatic carbocycles. The average Bonchev–Trinajstić information content (AvgIpc) is 2.23. The molecule has 1 atom stereocenters. The van der Waals surface area contributed by atoms with E-state index in [4.69, 9.17) is 23.2 Å². The first kappa shape index (κ1) is 13.8. The molecule has 0 saturated carbocycles. The number of hydrogen-bond donors (Lipinski definition) is 1. The molecule has 1 unspecified atom stereocenters. The van der Waals surface area contributed by atoms with Crippen LogP contribution in [0.1, 0.15) is 12.5 Å². The first-order valence-corrected chi connectivity index (χ1v) is 6.07. The number of nitrogens with one attached hydrogen (secondary N) is 1. The molecule has 0 aromatic heterocycles. The van der Waals surface area contributed by atoms with Crippen LogP contribution in [-0.2, 0) is 6.54 Å². The molecule has 0 spiro atoms. The van der Waals surface area contributed by atoms with Gasteiger partial charge in [-0.3, -0.25) is 0 Å². The third-order valence-electron chi connectivity index (χ3n) is 2.63. The van der Waals surface area contributed by atoms with E-state index in [-0.39, 0.29) is 0 Å². The average molecular weight is 261 g/mol. The van der Waals surface area contributed by atoms with Gasteiger partial charge < -0.3 is 10.2 Å². The van der Waals surface area contributed by atoms with Crippen molar-refractivity contribution in [1.82, 2.24) is 10.2 Å². The summed E-state index contributed by atoms with van der Waals surface area (Å²) in [5, 5.41) is 4.60. The van der Waals surface area contributed by atoms with Gasteiger partial charge in [0, 0.05) is 19.1 Å². The molecule has 0 aliphatic rings. The van der Waals surface area contributed by atoms with Gasteiger partial charge in [-0.1, -0.05) is 29.3 Å². The fraction of sp³-hybridized carbons (Fsp3) is 0.500. The topological polar surface area (TPSA) is 15.3 Å². The van der Waals surface area contributed by atoms with Gasteiger partial charge >= 0.3 is 0 Å². The zero-order valence-electron chi connectivity index (χ0n) is 9.93. The zero-order valence-corrected chi connectivity index (χ0v) is 11.4.